The summed E-state index contributed by atoms with van der Waals surface area (Å²) in [6, 6.07) is 4.66. The molecule has 0 saturated carbocycles. The standard InChI is InChI=1S/C11H15FO2/c1-7(8(2)13)10-5-4-9(14-3)6-11(10)12/h4-8,13H,1-3H3. The zero-order valence-electron chi connectivity index (χ0n) is 8.62. The third-order valence-corrected chi connectivity index (χ3v) is 2.42. The van der Waals surface area contributed by atoms with Gasteiger partial charge in [-0.05, 0) is 18.6 Å². The maximum atomic E-state index is 13.5. The van der Waals surface area contributed by atoms with Gasteiger partial charge in [0, 0.05) is 12.0 Å². The van der Waals surface area contributed by atoms with Gasteiger partial charge in [0.1, 0.15) is 11.6 Å². The van der Waals surface area contributed by atoms with Gasteiger partial charge in [0.05, 0.1) is 13.2 Å². The summed E-state index contributed by atoms with van der Waals surface area (Å²) in [5.74, 6) is -0.0531. The Morgan fingerprint density at radius 3 is 2.43 bits per heavy atom. The van der Waals surface area contributed by atoms with E-state index in [1.165, 1.54) is 13.2 Å². The molecule has 3 heteroatoms. The fourth-order valence-electron chi connectivity index (χ4n) is 1.26. The summed E-state index contributed by atoms with van der Waals surface area (Å²) >= 11 is 0. The molecule has 0 fully saturated rings. The van der Waals surface area contributed by atoms with Crippen LogP contribution in [0, 0.1) is 5.82 Å². The lowest BCUT2D eigenvalue weighted by Gasteiger charge is -2.16. The molecule has 14 heavy (non-hydrogen) atoms. The predicted octanol–water partition coefficient (Wildman–Crippen LogP) is 2.32. The van der Waals surface area contributed by atoms with Crippen molar-refractivity contribution in [1.82, 2.24) is 0 Å². The molecule has 1 rings (SSSR count). The first-order chi connectivity index (χ1) is 6.56. The molecule has 78 valence electrons. The summed E-state index contributed by atoms with van der Waals surface area (Å²) in [5.41, 5.74) is 0.515. The molecule has 0 aliphatic carbocycles. The molecule has 0 aliphatic rings. The second-order valence-electron chi connectivity index (χ2n) is 3.42. The van der Waals surface area contributed by atoms with Gasteiger partial charge in [-0.1, -0.05) is 13.0 Å². The van der Waals surface area contributed by atoms with E-state index < -0.39 is 6.10 Å². The largest absolute Gasteiger partial charge is 0.497 e. The highest BCUT2D eigenvalue weighted by atomic mass is 19.1. The Morgan fingerprint density at radius 2 is 2.00 bits per heavy atom. The molecule has 2 nitrogen and oxygen atoms in total. The van der Waals surface area contributed by atoms with Gasteiger partial charge in [0.15, 0.2) is 0 Å². The molecule has 1 N–H and O–H groups in total. The third kappa shape index (κ3) is 2.23. The van der Waals surface area contributed by atoms with Crippen LogP contribution in [0.25, 0.3) is 0 Å². The Bertz CT molecular complexity index is 310. The molecule has 2 unspecified atom stereocenters. The molecule has 2 atom stereocenters. The summed E-state index contributed by atoms with van der Waals surface area (Å²) < 4.78 is 18.3. The van der Waals surface area contributed by atoms with Crippen molar-refractivity contribution in [2.45, 2.75) is 25.9 Å². The van der Waals surface area contributed by atoms with E-state index in [1.54, 1.807) is 26.0 Å². The van der Waals surface area contributed by atoms with Gasteiger partial charge in [-0.25, -0.2) is 4.39 Å². The molecule has 1 aromatic rings. The molecule has 0 bridgehead atoms. The highest BCUT2D eigenvalue weighted by Crippen LogP contribution is 2.25. The molecule has 0 aliphatic heterocycles. The van der Waals surface area contributed by atoms with Crippen LogP contribution in [0.4, 0.5) is 4.39 Å². The SMILES string of the molecule is COc1ccc(C(C)C(C)O)c(F)c1. The Morgan fingerprint density at radius 1 is 1.36 bits per heavy atom. The fourth-order valence-corrected chi connectivity index (χ4v) is 1.26. The highest BCUT2D eigenvalue weighted by molar-refractivity contribution is 5.31. The van der Waals surface area contributed by atoms with E-state index >= 15 is 0 Å². The van der Waals surface area contributed by atoms with Crippen LogP contribution in [0.2, 0.25) is 0 Å². The van der Waals surface area contributed by atoms with Crippen molar-refractivity contribution in [3.05, 3.63) is 29.6 Å². The van der Waals surface area contributed by atoms with Crippen LogP contribution >= 0.6 is 0 Å². The monoisotopic (exact) mass is 198 g/mol. The molecule has 1 aromatic carbocycles. The van der Waals surface area contributed by atoms with E-state index in [0.717, 1.165) is 0 Å². The van der Waals surface area contributed by atoms with E-state index in [0.29, 0.717) is 11.3 Å². The number of benzene rings is 1. The summed E-state index contributed by atoms with van der Waals surface area (Å²) in [6.45, 7) is 3.43. The normalized spacial score (nSPS) is 14.9. The number of hydrogen-bond donors (Lipinski definition) is 1. The van der Waals surface area contributed by atoms with Crippen molar-refractivity contribution < 1.29 is 14.2 Å². The van der Waals surface area contributed by atoms with Gasteiger partial charge in [0.25, 0.3) is 0 Å². The van der Waals surface area contributed by atoms with Crippen molar-refractivity contribution in [2.75, 3.05) is 7.11 Å². The molecule has 0 heterocycles. The summed E-state index contributed by atoms with van der Waals surface area (Å²) in [7, 11) is 1.49. The first-order valence-electron chi connectivity index (χ1n) is 4.57. The van der Waals surface area contributed by atoms with Crippen LogP contribution in [0.1, 0.15) is 25.3 Å². The average Bonchev–Trinajstić information content (AvgIpc) is 2.16. The van der Waals surface area contributed by atoms with E-state index in [-0.39, 0.29) is 11.7 Å². The molecule has 0 saturated heterocycles. The van der Waals surface area contributed by atoms with Crippen molar-refractivity contribution in [2.24, 2.45) is 0 Å². The molecular weight excluding hydrogens is 183 g/mol. The van der Waals surface area contributed by atoms with Gasteiger partial charge in [-0.15, -0.1) is 0 Å². The zero-order chi connectivity index (χ0) is 10.7. The minimum Gasteiger partial charge on any atom is -0.497 e. The third-order valence-electron chi connectivity index (χ3n) is 2.42. The second-order valence-corrected chi connectivity index (χ2v) is 3.42. The molecule has 0 radical (unpaired) electrons. The smallest absolute Gasteiger partial charge is 0.130 e. The first kappa shape index (κ1) is 11.0. The van der Waals surface area contributed by atoms with E-state index in [2.05, 4.69) is 0 Å². The number of halogens is 1. The lowest BCUT2D eigenvalue weighted by molar-refractivity contribution is 0.167. The van der Waals surface area contributed by atoms with E-state index in [4.69, 9.17) is 4.74 Å². The zero-order valence-corrected chi connectivity index (χ0v) is 8.62. The lowest BCUT2D eigenvalue weighted by atomic mass is 9.96. The van der Waals surface area contributed by atoms with Gasteiger partial charge in [0.2, 0.25) is 0 Å². The fraction of sp³-hybridized carbons (Fsp3) is 0.455. The quantitative estimate of drug-likeness (QED) is 0.807. The molecule has 0 aromatic heterocycles. The van der Waals surface area contributed by atoms with E-state index in [9.17, 15) is 9.50 Å². The number of ether oxygens (including phenoxy) is 1. The van der Waals surface area contributed by atoms with Crippen LogP contribution in [0.15, 0.2) is 18.2 Å². The Hall–Kier alpha value is -1.09. The van der Waals surface area contributed by atoms with Gasteiger partial charge in [-0.2, -0.15) is 0 Å². The van der Waals surface area contributed by atoms with Crippen molar-refractivity contribution >= 4 is 0 Å². The Kier molecular flexibility index (Phi) is 3.47. The van der Waals surface area contributed by atoms with Crippen LogP contribution in [-0.4, -0.2) is 18.3 Å². The van der Waals surface area contributed by atoms with Crippen molar-refractivity contribution in [3.63, 3.8) is 0 Å². The number of aliphatic hydroxyl groups excluding tert-OH is 1. The number of rotatable bonds is 3. The van der Waals surface area contributed by atoms with Gasteiger partial charge < -0.3 is 9.84 Å². The first-order valence-corrected chi connectivity index (χ1v) is 4.57. The van der Waals surface area contributed by atoms with Crippen LogP contribution < -0.4 is 4.74 Å². The number of aliphatic hydroxyl groups is 1. The van der Waals surface area contributed by atoms with Crippen molar-refractivity contribution in [3.8, 4) is 5.75 Å². The lowest BCUT2D eigenvalue weighted by Crippen LogP contribution is -2.12. The van der Waals surface area contributed by atoms with Gasteiger partial charge in [-0.3, -0.25) is 0 Å². The molecule has 0 spiro atoms. The number of methoxy groups -OCH3 is 1. The molecular formula is C11H15FO2. The van der Waals surface area contributed by atoms with E-state index in [1.807, 2.05) is 0 Å². The van der Waals surface area contributed by atoms with Crippen LogP contribution in [0.3, 0.4) is 0 Å². The summed E-state index contributed by atoms with van der Waals surface area (Å²) in [6.07, 6.45) is -0.558. The van der Waals surface area contributed by atoms with Crippen molar-refractivity contribution in [1.29, 1.82) is 0 Å². The highest BCUT2D eigenvalue weighted by Gasteiger charge is 2.15. The Balaban J connectivity index is 2.99. The molecule has 0 amide bonds. The van der Waals surface area contributed by atoms with Gasteiger partial charge >= 0.3 is 0 Å². The maximum absolute atomic E-state index is 13.5. The maximum Gasteiger partial charge on any atom is 0.130 e. The average molecular weight is 198 g/mol. The second kappa shape index (κ2) is 4.42. The Labute approximate surface area is 83.3 Å². The van der Waals surface area contributed by atoms with Crippen LogP contribution in [-0.2, 0) is 0 Å². The minimum absolute atomic E-state index is 0.207. The summed E-state index contributed by atoms with van der Waals surface area (Å²) in [5, 5.41) is 9.33. The summed E-state index contributed by atoms with van der Waals surface area (Å²) in [4.78, 5) is 0. The topological polar surface area (TPSA) is 29.5 Å². The predicted molar refractivity (Wildman–Crippen MR) is 53.0 cm³/mol. The van der Waals surface area contributed by atoms with Crippen LogP contribution in [0.5, 0.6) is 5.75 Å². The number of hydrogen-bond acceptors (Lipinski definition) is 2. The minimum atomic E-state index is -0.558.